The Hall–Kier alpha value is -3.26. The number of benzene rings is 2. The Morgan fingerprint density at radius 3 is 2.97 bits per heavy atom. The molecule has 1 saturated heterocycles. The van der Waals surface area contributed by atoms with Gasteiger partial charge in [-0.25, -0.2) is 4.79 Å². The molecule has 1 aromatic heterocycles. The molecule has 3 heterocycles. The first-order chi connectivity index (χ1) is 15.7. The van der Waals surface area contributed by atoms with Gasteiger partial charge in [-0.2, -0.15) is 0 Å². The van der Waals surface area contributed by atoms with Crippen molar-refractivity contribution in [1.82, 2.24) is 14.9 Å². The predicted molar refractivity (Wildman–Crippen MR) is 119 cm³/mol. The molecule has 8 heteroatoms. The number of rotatable bonds is 4. The average molecular weight is 435 g/mol. The lowest BCUT2D eigenvalue weighted by Crippen LogP contribution is -2.38. The summed E-state index contributed by atoms with van der Waals surface area (Å²) in [6.45, 7) is 1.35. The van der Waals surface area contributed by atoms with Gasteiger partial charge >= 0.3 is 5.69 Å². The largest absolute Gasteiger partial charge is 0.496 e. The van der Waals surface area contributed by atoms with Crippen molar-refractivity contribution in [3.8, 4) is 17.2 Å². The Bertz CT molecular complexity index is 1330. The molecule has 0 saturated carbocycles. The Labute approximate surface area is 184 Å². The molecule has 8 nitrogen and oxygen atoms in total. The van der Waals surface area contributed by atoms with Crippen LogP contribution < -0.4 is 30.8 Å². The molecule has 166 valence electrons. The molecular weight excluding hydrogens is 410 g/mol. The van der Waals surface area contributed by atoms with Gasteiger partial charge in [0.25, 0.3) is 5.56 Å². The van der Waals surface area contributed by atoms with E-state index in [4.69, 9.17) is 14.2 Å². The molecule has 3 atom stereocenters. The van der Waals surface area contributed by atoms with Crippen LogP contribution in [0.1, 0.15) is 29.9 Å². The van der Waals surface area contributed by atoms with E-state index in [1.807, 2.05) is 6.07 Å². The minimum atomic E-state index is -0.401. The first-order valence-corrected chi connectivity index (χ1v) is 11.1. The van der Waals surface area contributed by atoms with Crippen LogP contribution in [-0.4, -0.2) is 36.0 Å². The summed E-state index contributed by atoms with van der Waals surface area (Å²) in [5.41, 5.74) is 2.35. The molecule has 6 rings (SSSR count). The van der Waals surface area contributed by atoms with E-state index in [0.29, 0.717) is 47.2 Å². The second kappa shape index (κ2) is 7.41. The van der Waals surface area contributed by atoms with Gasteiger partial charge in [0.15, 0.2) is 11.5 Å². The number of nitrogens with zero attached hydrogens (tertiary/aromatic N) is 1. The first-order valence-electron chi connectivity index (χ1n) is 11.1. The summed E-state index contributed by atoms with van der Waals surface area (Å²) in [6.07, 6.45) is 2.81. The number of aromatic nitrogens is 2. The number of fused-ring (bicyclic) bond motifs is 6. The zero-order valence-electron chi connectivity index (χ0n) is 17.8. The molecule has 32 heavy (non-hydrogen) atoms. The summed E-state index contributed by atoms with van der Waals surface area (Å²) in [6, 6.07) is 9.86. The normalized spacial score (nSPS) is 23.2. The number of hydrogen-bond acceptors (Lipinski definition) is 6. The topological polar surface area (TPSA) is 94.6 Å². The zero-order chi connectivity index (χ0) is 21.8. The van der Waals surface area contributed by atoms with E-state index in [0.717, 1.165) is 25.1 Å². The lowest BCUT2D eigenvalue weighted by atomic mass is 9.73. The van der Waals surface area contributed by atoms with E-state index in [-0.39, 0.29) is 18.4 Å². The van der Waals surface area contributed by atoms with Gasteiger partial charge in [0.05, 0.1) is 12.6 Å². The van der Waals surface area contributed by atoms with E-state index in [1.165, 1.54) is 15.7 Å². The Morgan fingerprint density at radius 2 is 2.09 bits per heavy atom. The third-order valence-corrected chi connectivity index (χ3v) is 7.25. The van der Waals surface area contributed by atoms with Crippen LogP contribution in [0.3, 0.4) is 0 Å². The van der Waals surface area contributed by atoms with E-state index >= 15 is 0 Å². The van der Waals surface area contributed by atoms with Gasteiger partial charge in [-0.05, 0) is 61.1 Å². The second-order valence-corrected chi connectivity index (χ2v) is 8.76. The minimum Gasteiger partial charge on any atom is -0.496 e. The third kappa shape index (κ3) is 2.86. The lowest BCUT2D eigenvalue weighted by molar-refractivity contribution is 0.174. The summed E-state index contributed by atoms with van der Waals surface area (Å²) in [4.78, 5) is 28.8. The van der Waals surface area contributed by atoms with Gasteiger partial charge in [-0.15, -0.1) is 0 Å². The van der Waals surface area contributed by atoms with E-state index in [2.05, 4.69) is 22.4 Å². The van der Waals surface area contributed by atoms with Crippen molar-refractivity contribution in [2.45, 2.75) is 37.8 Å². The van der Waals surface area contributed by atoms with Crippen LogP contribution in [0.4, 0.5) is 0 Å². The molecule has 0 bridgehead atoms. The Morgan fingerprint density at radius 1 is 1.19 bits per heavy atom. The fourth-order valence-corrected chi connectivity index (χ4v) is 5.77. The molecule has 2 aromatic carbocycles. The summed E-state index contributed by atoms with van der Waals surface area (Å²) < 4.78 is 17.8. The standard InChI is InChI=1S/C24H25N3O5/c1-30-18-4-2-3-15-14(18)6-5-13-11-25-16(20(13)15)9-10-27-23(28)21-17(26-24(27)29)7-8-19-22(21)32-12-31-19/h2-4,7-8,13,16,20,25H,5-6,9-12H2,1H3,(H,26,29)/t13-,16?,20+/m0/s1. The van der Waals surface area contributed by atoms with Crippen LogP contribution in [0.5, 0.6) is 17.2 Å². The van der Waals surface area contributed by atoms with Crippen LogP contribution in [0.25, 0.3) is 10.9 Å². The highest BCUT2D eigenvalue weighted by atomic mass is 16.7. The molecule has 1 unspecified atom stereocenters. The van der Waals surface area contributed by atoms with E-state index in [1.54, 1.807) is 19.2 Å². The van der Waals surface area contributed by atoms with Gasteiger partial charge in [0.2, 0.25) is 6.79 Å². The molecule has 0 amide bonds. The van der Waals surface area contributed by atoms with Crippen molar-refractivity contribution in [3.63, 3.8) is 0 Å². The van der Waals surface area contributed by atoms with Gasteiger partial charge in [-0.1, -0.05) is 12.1 Å². The second-order valence-electron chi connectivity index (χ2n) is 8.76. The highest BCUT2D eigenvalue weighted by Gasteiger charge is 2.40. The first kappa shape index (κ1) is 19.4. The monoisotopic (exact) mass is 435 g/mol. The number of nitrogens with one attached hydrogen (secondary N) is 2. The van der Waals surface area contributed by atoms with Crippen molar-refractivity contribution < 1.29 is 14.2 Å². The van der Waals surface area contributed by atoms with Crippen molar-refractivity contribution in [3.05, 3.63) is 62.3 Å². The van der Waals surface area contributed by atoms with E-state index in [9.17, 15) is 9.59 Å². The Kier molecular flexibility index (Phi) is 4.50. The molecular formula is C24H25N3O5. The average Bonchev–Trinajstić information content (AvgIpc) is 3.45. The van der Waals surface area contributed by atoms with Crippen LogP contribution in [0.15, 0.2) is 39.9 Å². The SMILES string of the molecule is COc1cccc2c1CC[C@H]1CNC(CCn3c(=O)[nH]c4ccc5c(c4c3=O)OCO5)[C@@H]21. The molecule has 3 aliphatic rings. The summed E-state index contributed by atoms with van der Waals surface area (Å²) in [5, 5.41) is 4.02. The smallest absolute Gasteiger partial charge is 0.328 e. The van der Waals surface area contributed by atoms with Crippen LogP contribution >= 0.6 is 0 Å². The van der Waals surface area contributed by atoms with Crippen LogP contribution in [0.2, 0.25) is 0 Å². The fraction of sp³-hybridized carbons (Fsp3) is 0.417. The van der Waals surface area contributed by atoms with Crippen molar-refractivity contribution in [1.29, 1.82) is 0 Å². The molecule has 0 spiro atoms. The fourth-order valence-electron chi connectivity index (χ4n) is 5.77. The van der Waals surface area contributed by atoms with Gasteiger partial charge in [0.1, 0.15) is 11.1 Å². The predicted octanol–water partition coefficient (Wildman–Crippen LogP) is 2.14. The third-order valence-electron chi connectivity index (χ3n) is 7.25. The number of H-pyrrole nitrogens is 1. The maximum atomic E-state index is 13.2. The van der Waals surface area contributed by atoms with Gasteiger partial charge in [0, 0.05) is 18.5 Å². The maximum absolute atomic E-state index is 13.2. The number of ether oxygens (including phenoxy) is 3. The van der Waals surface area contributed by atoms with Crippen molar-refractivity contribution in [2.24, 2.45) is 5.92 Å². The van der Waals surface area contributed by atoms with Gasteiger partial charge in [-0.3, -0.25) is 9.36 Å². The van der Waals surface area contributed by atoms with Crippen LogP contribution in [0, 0.1) is 5.92 Å². The molecule has 2 N–H and O–H groups in total. The molecule has 1 aliphatic carbocycles. The number of hydrogen-bond donors (Lipinski definition) is 2. The Balaban J connectivity index is 1.33. The number of methoxy groups -OCH3 is 1. The minimum absolute atomic E-state index is 0.0744. The zero-order valence-corrected chi connectivity index (χ0v) is 17.8. The molecule has 3 aromatic rings. The summed E-state index contributed by atoms with van der Waals surface area (Å²) >= 11 is 0. The summed E-state index contributed by atoms with van der Waals surface area (Å²) in [7, 11) is 1.72. The van der Waals surface area contributed by atoms with Crippen molar-refractivity contribution >= 4 is 10.9 Å². The highest BCUT2D eigenvalue weighted by molar-refractivity contribution is 5.87. The van der Waals surface area contributed by atoms with Crippen molar-refractivity contribution in [2.75, 3.05) is 20.4 Å². The highest BCUT2D eigenvalue weighted by Crippen LogP contribution is 2.45. The van der Waals surface area contributed by atoms with Crippen LogP contribution in [-0.2, 0) is 13.0 Å². The van der Waals surface area contributed by atoms with E-state index < -0.39 is 5.69 Å². The number of aromatic amines is 1. The quantitative estimate of drug-likeness (QED) is 0.652. The summed E-state index contributed by atoms with van der Waals surface area (Å²) in [5.74, 6) is 2.79. The lowest BCUT2D eigenvalue weighted by Gasteiger charge is -2.32. The molecule has 1 fully saturated rings. The maximum Gasteiger partial charge on any atom is 0.328 e. The van der Waals surface area contributed by atoms with Gasteiger partial charge < -0.3 is 24.5 Å². The molecule has 0 radical (unpaired) electrons. The molecule has 2 aliphatic heterocycles.